The first-order valence-corrected chi connectivity index (χ1v) is 6.71. The molecule has 17 heavy (non-hydrogen) atoms. The largest absolute Gasteiger partial charge is 0.409 e. The van der Waals surface area contributed by atoms with E-state index in [0.29, 0.717) is 26.2 Å². The average Bonchev–Trinajstić information content (AvgIpc) is 2.27. The zero-order valence-corrected chi connectivity index (χ0v) is 10.8. The lowest BCUT2D eigenvalue weighted by Gasteiger charge is -2.42. The summed E-state index contributed by atoms with van der Waals surface area (Å²) in [5.41, 5.74) is 4.99. The van der Waals surface area contributed by atoms with E-state index >= 15 is 0 Å². The van der Waals surface area contributed by atoms with Crippen LogP contribution in [0.4, 0.5) is 0 Å². The van der Waals surface area contributed by atoms with Gasteiger partial charge >= 0.3 is 0 Å². The Morgan fingerprint density at radius 1 is 1.29 bits per heavy atom. The van der Waals surface area contributed by atoms with Gasteiger partial charge in [0.2, 0.25) is 0 Å². The number of hydrogen-bond donors (Lipinski definition) is 3. The molecule has 1 rings (SSSR count). The first-order chi connectivity index (χ1) is 7.69. The molecule has 9 heteroatoms. The topological polar surface area (TPSA) is 125 Å². The molecule has 1 fully saturated rings. The van der Waals surface area contributed by atoms with Gasteiger partial charge in [-0.2, -0.15) is 12.7 Å². The van der Waals surface area contributed by atoms with Gasteiger partial charge < -0.3 is 10.9 Å². The molecule has 0 unspecified atom stereocenters. The van der Waals surface area contributed by atoms with Crippen LogP contribution in [-0.4, -0.2) is 60.4 Å². The second-order valence-electron chi connectivity index (χ2n) is 4.48. The summed E-state index contributed by atoms with van der Waals surface area (Å²) in [6.45, 7) is 5.21. The Hall–Kier alpha value is -0.900. The van der Waals surface area contributed by atoms with Crippen molar-refractivity contribution in [1.29, 1.82) is 0 Å². The normalized spacial score (nSPS) is 21.7. The van der Waals surface area contributed by atoms with Gasteiger partial charge in [0.15, 0.2) is 5.84 Å². The molecule has 0 saturated carbocycles. The highest BCUT2D eigenvalue weighted by atomic mass is 32.2. The molecule has 1 aliphatic rings. The van der Waals surface area contributed by atoms with Crippen LogP contribution in [0, 0.1) is 0 Å². The second-order valence-corrected chi connectivity index (χ2v) is 6.02. The molecule has 0 aromatic carbocycles. The fourth-order valence-electron chi connectivity index (χ4n) is 1.79. The number of nitrogens with zero attached hydrogens (tertiary/aromatic N) is 3. The highest BCUT2D eigenvalue weighted by Crippen LogP contribution is 2.17. The third-order valence-corrected chi connectivity index (χ3v) is 4.21. The van der Waals surface area contributed by atoms with Crippen LogP contribution in [0.15, 0.2) is 5.16 Å². The molecule has 1 heterocycles. The number of piperazine rings is 1. The molecule has 0 aromatic rings. The lowest BCUT2D eigenvalue weighted by atomic mass is 10.0. The third kappa shape index (κ3) is 3.06. The van der Waals surface area contributed by atoms with Gasteiger partial charge in [0.25, 0.3) is 10.2 Å². The van der Waals surface area contributed by atoms with E-state index in [1.165, 1.54) is 4.31 Å². The Bertz CT molecular complexity index is 397. The maximum absolute atomic E-state index is 11.1. The van der Waals surface area contributed by atoms with Gasteiger partial charge in [-0.3, -0.25) is 4.90 Å². The molecule has 0 aliphatic carbocycles. The molecule has 5 N–H and O–H groups in total. The number of nitrogens with two attached hydrogens (primary N) is 2. The Morgan fingerprint density at radius 2 is 1.76 bits per heavy atom. The molecule has 0 bridgehead atoms. The van der Waals surface area contributed by atoms with Crippen molar-refractivity contribution in [2.45, 2.75) is 19.4 Å². The van der Waals surface area contributed by atoms with Crippen molar-refractivity contribution in [3.05, 3.63) is 0 Å². The number of rotatable bonds is 3. The van der Waals surface area contributed by atoms with Gasteiger partial charge in [0, 0.05) is 26.2 Å². The van der Waals surface area contributed by atoms with Crippen LogP contribution in [-0.2, 0) is 10.2 Å². The van der Waals surface area contributed by atoms with E-state index in [1.54, 1.807) is 0 Å². The van der Waals surface area contributed by atoms with Gasteiger partial charge in [0.05, 0.1) is 5.54 Å². The molecule has 0 atom stereocenters. The molecule has 0 radical (unpaired) electrons. The summed E-state index contributed by atoms with van der Waals surface area (Å²) < 4.78 is 23.5. The molecular formula is C8H19N5O3S. The molecule has 1 saturated heterocycles. The lowest BCUT2D eigenvalue weighted by Crippen LogP contribution is -2.60. The van der Waals surface area contributed by atoms with Crippen molar-refractivity contribution >= 4 is 16.0 Å². The summed E-state index contributed by atoms with van der Waals surface area (Å²) in [5.74, 6) is 0.0987. The fraction of sp³-hybridized carbons (Fsp3) is 0.875. The molecule has 8 nitrogen and oxygen atoms in total. The average molecular weight is 265 g/mol. The Kier molecular flexibility index (Phi) is 3.97. The van der Waals surface area contributed by atoms with E-state index in [0.717, 1.165) is 0 Å². The standard InChI is InChI=1S/C8H19N5O3S/c1-8(2,7(9)11-14)12-3-5-13(6-4-12)17(10,15)16/h14H,3-6H2,1-2H3,(H2,9,11)(H2,10,15,16). The molecule has 0 amide bonds. The monoisotopic (exact) mass is 265 g/mol. The molecule has 0 spiro atoms. The van der Waals surface area contributed by atoms with E-state index in [4.69, 9.17) is 16.1 Å². The highest BCUT2D eigenvalue weighted by molar-refractivity contribution is 7.86. The predicted octanol–water partition coefficient (Wildman–Crippen LogP) is -1.67. The zero-order valence-electron chi connectivity index (χ0n) is 10.00. The van der Waals surface area contributed by atoms with Gasteiger partial charge in [0.1, 0.15) is 0 Å². The summed E-state index contributed by atoms with van der Waals surface area (Å²) in [7, 11) is -3.62. The smallest absolute Gasteiger partial charge is 0.276 e. The SMILES string of the molecule is CC(C)(C(N)=NO)N1CCN(S(N)(=O)=O)CC1. The molecule has 1 aliphatic heterocycles. The van der Waals surface area contributed by atoms with Gasteiger partial charge in [-0.15, -0.1) is 0 Å². The molecular weight excluding hydrogens is 246 g/mol. The van der Waals surface area contributed by atoms with E-state index in [1.807, 2.05) is 18.7 Å². The van der Waals surface area contributed by atoms with Crippen molar-refractivity contribution < 1.29 is 13.6 Å². The summed E-state index contributed by atoms with van der Waals surface area (Å²) in [6.07, 6.45) is 0. The van der Waals surface area contributed by atoms with E-state index in [-0.39, 0.29) is 5.84 Å². The van der Waals surface area contributed by atoms with Crippen LogP contribution in [0.2, 0.25) is 0 Å². The maximum Gasteiger partial charge on any atom is 0.276 e. The summed E-state index contributed by atoms with van der Waals surface area (Å²) in [4.78, 5) is 1.95. The summed E-state index contributed by atoms with van der Waals surface area (Å²) in [5, 5.41) is 16.7. The van der Waals surface area contributed by atoms with Gasteiger partial charge in [-0.1, -0.05) is 5.16 Å². The Labute approximate surface area is 101 Å². The quantitative estimate of drug-likeness (QED) is 0.243. The van der Waals surface area contributed by atoms with Crippen molar-refractivity contribution in [3.8, 4) is 0 Å². The van der Waals surface area contributed by atoms with Crippen LogP contribution in [0.5, 0.6) is 0 Å². The zero-order chi connectivity index (χ0) is 13.3. The Morgan fingerprint density at radius 3 is 2.12 bits per heavy atom. The highest BCUT2D eigenvalue weighted by Gasteiger charge is 2.35. The van der Waals surface area contributed by atoms with Crippen molar-refractivity contribution in [1.82, 2.24) is 9.21 Å². The van der Waals surface area contributed by atoms with E-state index in [2.05, 4.69) is 5.16 Å². The van der Waals surface area contributed by atoms with Gasteiger partial charge in [-0.25, -0.2) is 5.14 Å². The van der Waals surface area contributed by atoms with Crippen LogP contribution < -0.4 is 10.9 Å². The molecule has 0 aromatic heterocycles. The van der Waals surface area contributed by atoms with Crippen molar-refractivity contribution in [2.24, 2.45) is 16.0 Å². The first kappa shape index (κ1) is 14.2. The van der Waals surface area contributed by atoms with Crippen molar-refractivity contribution in [2.75, 3.05) is 26.2 Å². The van der Waals surface area contributed by atoms with E-state index < -0.39 is 15.7 Å². The maximum atomic E-state index is 11.1. The number of oxime groups is 1. The van der Waals surface area contributed by atoms with Crippen molar-refractivity contribution in [3.63, 3.8) is 0 Å². The minimum absolute atomic E-state index is 0.0987. The lowest BCUT2D eigenvalue weighted by molar-refractivity contribution is 0.119. The minimum atomic E-state index is -3.62. The number of hydrogen-bond acceptors (Lipinski definition) is 5. The van der Waals surface area contributed by atoms with Crippen LogP contribution in [0.25, 0.3) is 0 Å². The second kappa shape index (κ2) is 4.77. The molecule has 100 valence electrons. The Balaban J connectivity index is 2.70. The predicted molar refractivity (Wildman–Crippen MR) is 63.7 cm³/mol. The first-order valence-electron chi connectivity index (χ1n) is 5.20. The minimum Gasteiger partial charge on any atom is -0.409 e. The van der Waals surface area contributed by atoms with Crippen LogP contribution in [0.1, 0.15) is 13.8 Å². The summed E-state index contributed by atoms with van der Waals surface area (Å²) >= 11 is 0. The van der Waals surface area contributed by atoms with Crippen LogP contribution in [0.3, 0.4) is 0 Å². The third-order valence-electron chi connectivity index (χ3n) is 3.12. The van der Waals surface area contributed by atoms with Crippen LogP contribution >= 0.6 is 0 Å². The number of amidine groups is 1. The fourth-order valence-corrected chi connectivity index (χ4v) is 2.46. The summed E-state index contributed by atoms with van der Waals surface area (Å²) in [6, 6.07) is 0. The van der Waals surface area contributed by atoms with E-state index in [9.17, 15) is 8.42 Å². The van der Waals surface area contributed by atoms with Gasteiger partial charge in [-0.05, 0) is 13.8 Å².